The predicted molar refractivity (Wildman–Crippen MR) is 79.0 cm³/mol. The number of piperidine rings is 1. The van der Waals surface area contributed by atoms with Gasteiger partial charge in [-0.15, -0.1) is 0 Å². The fourth-order valence-corrected chi connectivity index (χ4v) is 3.93. The van der Waals surface area contributed by atoms with Gasteiger partial charge in [-0.1, -0.05) is 12.1 Å². The Morgan fingerprint density at radius 3 is 2.57 bits per heavy atom. The maximum absolute atomic E-state index is 13.4. The molecular formula is C15H20FNO3S. The third-order valence-electron chi connectivity index (χ3n) is 4.16. The van der Waals surface area contributed by atoms with Crippen molar-refractivity contribution in [2.24, 2.45) is 5.92 Å². The standard InChI is InChI=1S/C15H20FNO3S/c1-21(19,20)17-8-5-12(6-9-17)15(7-10-18)13-3-2-4-14(16)11-13/h2-4,10-12,15H,5-9H2,1H3. The Morgan fingerprint density at radius 2 is 2.05 bits per heavy atom. The Morgan fingerprint density at radius 1 is 1.38 bits per heavy atom. The van der Waals surface area contributed by atoms with Crippen molar-refractivity contribution in [3.63, 3.8) is 0 Å². The normalized spacial score (nSPS) is 19.3. The van der Waals surface area contributed by atoms with E-state index in [9.17, 15) is 17.6 Å². The van der Waals surface area contributed by atoms with Crippen molar-refractivity contribution in [3.8, 4) is 0 Å². The molecule has 1 aromatic carbocycles. The molecule has 0 amide bonds. The number of hydrogen-bond donors (Lipinski definition) is 0. The molecule has 0 radical (unpaired) electrons. The lowest BCUT2D eigenvalue weighted by atomic mass is 9.79. The van der Waals surface area contributed by atoms with Gasteiger partial charge in [-0.3, -0.25) is 0 Å². The first-order chi connectivity index (χ1) is 9.91. The molecule has 1 heterocycles. The van der Waals surface area contributed by atoms with Gasteiger partial charge in [-0.2, -0.15) is 0 Å². The van der Waals surface area contributed by atoms with Crippen LogP contribution in [-0.2, 0) is 14.8 Å². The van der Waals surface area contributed by atoms with Crippen molar-refractivity contribution in [2.75, 3.05) is 19.3 Å². The van der Waals surface area contributed by atoms with Crippen LogP contribution in [-0.4, -0.2) is 38.4 Å². The Bertz CT molecular complexity index is 595. The van der Waals surface area contributed by atoms with Crippen molar-refractivity contribution in [1.82, 2.24) is 4.31 Å². The van der Waals surface area contributed by atoms with E-state index in [0.29, 0.717) is 32.4 Å². The van der Waals surface area contributed by atoms with Gasteiger partial charge in [0.05, 0.1) is 6.26 Å². The van der Waals surface area contributed by atoms with E-state index in [2.05, 4.69) is 0 Å². The number of benzene rings is 1. The molecule has 0 saturated carbocycles. The van der Waals surface area contributed by atoms with Gasteiger partial charge in [0.15, 0.2) is 0 Å². The van der Waals surface area contributed by atoms with Crippen LogP contribution >= 0.6 is 0 Å². The minimum absolute atomic E-state index is 0.0417. The summed E-state index contributed by atoms with van der Waals surface area (Å²) < 4.78 is 37.9. The van der Waals surface area contributed by atoms with Gasteiger partial charge >= 0.3 is 0 Å². The number of nitrogens with zero attached hydrogens (tertiary/aromatic N) is 1. The summed E-state index contributed by atoms with van der Waals surface area (Å²) in [7, 11) is -3.15. The molecule has 0 N–H and O–H groups in total. The van der Waals surface area contributed by atoms with Crippen LogP contribution in [0.2, 0.25) is 0 Å². The van der Waals surface area contributed by atoms with E-state index in [1.807, 2.05) is 6.07 Å². The minimum Gasteiger partial charge on any atom is -0.303 e. The molecule has 4 nitrogen and oxygen atoms in total. The number of hydrogen-bond acceptors (Lipinski definition) is 3. The number of sulfonamides is 1. The molecule has 0 spiro atoms. The molecule has 1 fully saturated rings. The van der Waals surface area contributed by atoms with Gasteiger partial charge in [-0.05, 0) is 42.4 Å². The van der Waals surface area contributed by atoms with Gasteiger partial charge < -0.3 is 4.79 Å². The van der Waals surface area contributed by atoms with Crippen molar-refractivity contribution < 1.29 is 17.6 Å². The molecule has 0 bridgehead atoms. The second kappa shape index (κ2) is 6.66. The van der Waals surface area contributed by atoms with E-state index >= 15 is 0 Å². The summed E-state index contributed by atoms with van der Waals surface area (Å²) in [6, 6.07) is 6.33. The summed E-state index contributed by atoms with van der Waals surface area (Å²) in [5.74, 6) is -0.146. The summed E-state index contributed by atoms with van der Waals surface area (Å²) in [5.41, 5.74) is 0.819. The summed E-state index contributed by atoms with van der Waals surface area (Å²) in [6.45, 7) is 0.933. The minimum atomic E-state index is -3.15. The SMILES string of the molecule is CS(=O)(=O)N1CCC(C(CC=O)c2cccc(F)c2)CC1. The van der Waals surface area contributed by atoms with E-state index in [-0.39, 0.29) is 17.7 Å². The third kappa shape index (κ3) is 4.11. The Hall–Kier alpha value is -1.27. The highest BCUT2D eigenvalue weighted by molar-refractivity contribution is 7.88. The van der Waals surface area contributed by atoms with Gasteiger partial charge in [0.25, 0.3) is 0 Å². The fraction of sp³-hybridized carbons (Fsp3) is 0.533. The summed E-state index contributed by atoms with van der Waals surface area (Å²) >= 11 is 0. The molecule has 0 aromatic heterocycles. The molecular weight excluding hydrogens is 293 g/mol. The van der Waals surface area contributed by atoms with E-state index in [0.717, 1.165) is 11.8 Å². The first-order valence-electron chi connectivity index (χ1n) is 7.06. The van der Waals surface area contributed by atoms with Crippen LogP contribution in [0, 0.1) is 11.7 Å². The molecule has 1 saturated heterocycles. The molecule has 116 valence electrons. The van der Waals surface area contributed by atoms with Gasteiger partial charge in [-0.25, -0.2) is 17.1 Å². The fourth-order valence-electron chi connectivity index (χ4n) is 3.05. The smallest absolute Gasteiger partial charge is 0.211 e. The average Bonchev–Trinajstić information content (AvgIpc) is 2.44. The lowest BCUT2D eigenvalue weighted by Crippen LogP contribution is -2.39. The zero-order valence-electron chi connectivity index (χ0n) is 12.0. The molecule has 2 rings (SSSR count). The zero-order chi connectivity index (χ0) is 15.5. The van der Waals surface area contributed by atoms with Crippen LogP contribution in [0.5, 0.6) is 0 Å². The van der Waals surface area contributed by atoms with E-state index in [1.54, 1.807) is 6.07 Å². The van der Waals surface area contributed by atoms with Crippen LogP contribution in [0.3, 0.4) is 0 Å². The van der Waals surface area contributed by atoms with Crippen molar-refractivity contribution in [1.29, 1.82) is 0 Å². The number of halogens is 1. The Kier molecular flexibility index (Phi) is 5.11. The Balaban J connectivity index is 2.12. The van der Waals surface area contributed by atoms with Crippen LogP contribution in [0.4, 0.5) is 4.39 Å². The van der Waals surface area contributed by atoms with Crippen LogP contribution in [0.25, 0.3) is 0 Å². The second-order valence-electron chi connectivity index (χ2n) is 5.56. The van der Waals surface area contributed by atoms with Crippen molar-refractivity contribution >= 4 is 16.3 Å². The predicted octanol–water partition coefficient (Wildman–Crippen LogP) is 2.17. The van der Waals surface area contributed by atoms with Crippen LogP contribution in [0.1, 0.15) is 30.7 Å². The summed E-state index contributed by atoms with van der Waals surface area (Å²) in [4.78, 5) is 10.9. The number of carbonyl (C=O) groups is 1. The largest absolute Gasteiger partial charge is 0.303 e. The highest BCUT2D eigenvalue weighted by Gasteiger charge is 2.30. The number of aldehydes is 1. The second-order valence-corrected chi connectivity index (χ2v) is 7.55. The molecule has 6 heteroatoms. The van der Waals surface area contributed by atoms with E-state index < -0.39 is 10.0 Å². The molecule has 21 heavy (non-hydrogen) atoms. The molecule has 1 aliphatic heterocycles. The lowest BCUT2D eigenvalue weighted by molar-refractivity contribution is -0.108. The van der Waals surface area contributed by atoms with Gasteiger partial charge in [0, 0.05) is 19.5 Å². The van der Waals surface area contributed by atoms with Gasteiger partial charge in [0.2, 0.25) is 10.0 Å². The summed E-state index contributed by atoms with van der Waals surface area (Å²) in [5, 5.41) is 0. The number of rotatable bonds is 5. The van der Waals surface area contributed by atoms with Crippen LogP contribution in [0.15, 0.2) is 24.3 Å². The highest BCUT2D eigenvalue weighted by Crippen LogP contribution is 2.35. The maximum Gasteiger partial charge on any atom is 0.211 e. The molecule has 1 aliphatic rings. The van der Waals surface area contributed by atoms with Crippen molar-refractivity contribution in [2.45, 2.75) is 25.2 Å². The van der Waals surface area contributed by atoms with Crippen molar-refractivity contribution in [3.05, 3.63) is 35.6 Å². The third-order valence-corrected chi connectivity index (χ3v) is 5.47. The number of carbonyl (C=O) groups excluding carboxylic acids is 1. The lowest BCUT2D eigenvalue weighted by Gasteiger charge is -2.34. The topological polar surface area (TPSA) is 54.5 Å². The maximum atomic E-state index is 13.4. The molecule has 0 aliphatic carbocycles. The molecule has 1 unspecified atom stereocenters. The first-order valence-corrected chi connectivity index (χ1v) is 8.91. The molecule has 1 aromatic rings. The van der Waals surface area contributed by atoms with Gasteiger partial charge in [0.1, 0.15) is 12.1 Å². The van der Waals surface area contributed by atoms with E-state index in [1.165, 1.54) is 22.7 Å². The Labute approximate surface area is 125 Å². The highest BCUT2D eigenvalue weighted by atomic mass is 32.2. The monoisotopic (exact) mass is 313 g/mol. The van der Waals surface area contributed by atoms with E-state index in [4.69, 9.17) is 0 Å². The summed E-state index contributed by atoms with van der Waals surface area (Å²) in [6.07, 6.45) is 3.80. The zero-order valence-corrected chi connectivity index (χ0v) is 12.9. The average molecular weight is 313 g/mol. The quantitative estimate of drug-likeness (QED) is 0.783. The molecule has 1 atom stereocenters. The van der Waals surface area contributed by atoms with Crippen LogP contribution < -0.4 is 0 Å². The first kappa shape index (κ1) is 16.1.